The molecule has 0 aromatic heterocycles. The maximum atomic E-state index is 13.0. The second kappa shape index (κ2) is 6.61. The molecule has 2 rings (SSSR count). The van der Waals surface area contributed by atoms with Crippen molar-refractivity contribution >= 4 is 5.91 Å². The Bertz CT molecular complexity index is 490. The first-order chi connectivity index (χ1) is 9.95. The lowest BCUT2D eigenvalue weighted by Gasteiger charge is -2.28. The third-order valence-corrected chi connectivity index (χ3v) is 4.34. The van der Waals surface area contributed by atoms with Gasteiger partial charge in [-0.05, 0) is 49.3 Å². The van der Waals surface area contributed by atoms with Gasteiger partial charge in [-0.15, -0.1) is 0 Å². The molecule has 3 nitrogen and oxygen atoms in total. The predicted octanol–water partition coefficient (Wildman–Crippen LogP) is 3.33. The standard InChI is InChI=1S/C18H28N2O/c1-18(2,3)16-11-5-4-10-15(16)17(21)20-13-7-9-14(20)8-6-12-19/h4-5,10-11,14H,6-9,12-13,19H2,1-3H3. The normalized spacial score (nSPS) is 19.0. The fourth-order valence-electron chi connectivity index (χ4n) is 3.24. The molecule has 0 aliphatic carbocycles. The Labute approximate surface area is 128 Å². The van der Waals surface area contributed by atoms with E-state index in [9.17, 15) is 4.79 Å². The molecule has 1 heterocycles. The molecule has 21 heavy (non-hydrogen) atoms. The van der Waals surface area contributed by atoms with E-state index < -0.39 is 0 Å². The number of likely N-dealkylation sites (tertiary alicyclic amines) is 1. The molecule has 1 aliphatic rings. The summed E-state index contributed by atoms with van der Waals surface area (Å²) in [5.74, 6) is 0.194. The van der Waals surface area contributed by atoms with E-state index in [1.165, 1.54) is 0 Å². The molecule has 3 heteroatoms. The van der Waals surface area contributed by atoms with Crippen LogP contribution in [-0.4, -0.2) is 29.9 Å². The van der Waals surface area contributed by atoms with E-state index >= 15 is 0 Å². The van der Waals surface area contributed by atoms with Crippen molar-refractivity contribution in [2.24, 2.45) is 5.73 Å². The molecule has 0 saturated carbocycles. The van der Waals surface area contributed by atoms with Crippen molar-refractivity contribution in [3.05, 3.63) is 35.4 Å². The summed E-state index contributed by atoms with van der Waals surface area (Å²) in [6.45, 7) is 8.07. The monoisotopic (exact) mass is 288 g/mol. The van der Waals surface area contributed by atoms with Crippen molar-refractivity contribution in [3.63, 3.8) is 0 Å². The average Bonchev–Trinajstić information content (AvgIpc) is 2.91. The molecule has 1 aromatic rings. The number of carbonyl (C=O) groups is 1. The molecule has 116 valence electrons. The van der Waals surface area contributed by atoms with Crippen LogP contribution in [-0.2, 0) is 5.41 Å². The minimum Gasteiger partial charge on any atom is -0.336 e. The number of hydrogen-bond donors (Lipinski definition) is 1. The summed E-state index contributed by atoms with van der Waals surface area (Å²) in [5, 5.41) is 0. The fourth-order valence-corrected chi connectivity index (χ4v) is 3.24. The number of nitrogens with zero attached hydrogens (tertiary/aromatic N) is 1. The molecule has 0 radical (unpaired) electrons. The summed E-state index contributed by atoms with van der Waals surface area (Å²) >= 11 is 0. The summed E-state index contributed by atoms with van der Waals surface area (Å²) in [4.78, 5) is 15.1. The minimum absolute atomic E-state index is 0.0151. The molecular formula is C18H28N2O. The van der Waals surface area contributed by atoms with E-state index in [4.69, 9.17) is 5.73 Å². The highest BCUT2D eigenvalue weighted by molar-refractivity contribution is 5.96. The highest BCUT2D eigenvalue weighted by Crippen LogP contribution is 2.29. The van der Waals surface area contributed by atoms with Gasteiger partial charge in [0.25, 0.3) is 5.91 Å². The zero-order valence-corrected chi connectivity index (χ0v) is 13.6. The summed E-state index contributed by atoms with van der Waals surface area (Å²) < 4.78 is 0. The van der Waals surface area contributed by atoms with Crippen molar-refractivity contribution in [2.75, 3.05) is 13.1 Å². The van der Waals surface area contributed by atoms with E-state index in [0.717, 1.165) is 43.4 Å². The molecule has 0 bridgehead atoms. The van der Waals surface area contributed by atoms with E-state index in [0.29, 0.717) is 12.6 Å². The molecule has 1 amide bonds. The van der Waals surface area contributed by atoms with Crippen molar-refractivity contribution in [3.8, 4) is 0 Å². The summed E-state index contributed by atoms with van der Waals surface area (Å²) in [7, 11) is 0. The van der Waals surface area contributed by atoms with Crippen molar-refractivity contribution < 1.29 is 4.79 Å². The second-order valence-electron chi connectivity index (χ2n) is 7.02. The zero-order chi connectivity index (χ0) is 15.5. The van der Waals surface area contributed by atoms with E-state index in [2.05, 4.69) is 31.7 Å². The number of amides is 1. The highest BCUT2D eigenvalue weighted by Gasteiger charge is 2.31. The topological polar surface area (TPSA) is 46.3 Å². The molecule has 1 saturated heterocycles. The SMILES string of the molecule is CC(C)(C)c1ccccc1C(=O)N1CCCC1CCCN. The Kier molecular flexibility index (Phi) is 5.04. The number of nitrogens with two attached hydrogens (primary N) is 1. The molecule has 1 aliphatic heterocycles. The first-order valence-corrected chi connectivity index (χ1v) is 8.05. The van der Waals surface area contributed by atoms with Gasteiger partial charge >= 0.3 is 0 Å². The van der Waals surface area contributed by atoms with Crippen LogP contribution in [0.2, 0.25) is 0 Å². The van der Waals surface area contributed by atoms with E-state index in [1.807, 2.05) is 18.2 Å². The van der Waals surface area contributed by atoms with Crippen LogP contribution in [0.3, 0.4) is 0 Å². The lowest BCUT2D eigenvalue weighted by Crippen LogP contribution is -2.37. The lowest BCUT2D eigenvalue weighted by atomic mass is 9.83. The van der Waals surface area contributed by atoms with Gasteiger partial charge in [-0.2, -0.15) is 0 Å². The molecule has 1 atom stereocenters. The minimum atomic E-state index is -0.0151. The van der Waals surface area contributed by atoms with Crippen LogP contribution < -0.4 is 5.73 Å². The van der Waals surface area contributed by atoms with Crippen molar-refractivity contribution in [2.45, 2.75) is 57.9 Å². The molecule has 2 N–H and O–H groups in total. The van der Waals surface area contributed by atoms with Gasteiger partial charge in [-0.3, -0.25) is 4.79 Å². The third kappa shape index (κ3) is 3.65. The molecule has 1 aromatic carbocycles. The molecule has 0 spiro atoms. The smallest absolute Gasteiger partial charge is 0.254 e. The largest absolute Gasteiger partial charge is 0.336 e. The number of benzene rings is 1. The molecular weight excluding hydrogens is 260 g/mol. The van der Waals surface area contributed by atoms with Gasteiger partial charge in [0.1, 0.15) is 0 Å². The first-order valence-electron chi connectivity index (χ1n) is 8.05. The van der Waals surface area contributed by atoms with Crippen LogP contribution in [0.25, 0.3) is 0 Å². The number of carbonyl (C=O) groups excluding carboxylic acids is 1. The summed E-state index contributed by atoms with van der Waals surface area (Å²) in [6, 6.07) is 8.41. The Morgan fingerprint density at radius 1 is 1.33 bits per heavy atom. The second-order valence-corrected chi connectivity index (χ2v) is 7.02. The summed E-state index contributed by atoms with van der Waals surface area (Å²) in [6.07, 6.45) is 4.25. The maximum Gasteiger partial charge on any atom is 0.254 e. The number of hydrogen-bond acceptors (Lipinski definition) is 2. The van der Waals surface area contributed by atoms with Crippen molar-refractivity contribution in [1.82, 2.24) is 4.90 Å². The van der Waals surface area contributed by atoms with Crippen LogP contribution in [0.1, 0.15) is 62.4 Å². The van der Waals surface area contributed by atoms with Gasteiger partial charge in [0.2, 0.25) is 0 Å². The van der Waals surface area contributed by atoms with Gasteiger partial charge in [0, 0.05) is 18.2 Å². The van der Waals surface area contributed by atoms with E-state index in [-0.39, 0.29) is 11.3 Å². The van der Waals surface area contributed by atoms with E-state index in [1.54, 1.807) is 0 Å². The zero-order valence-electron chi connectivity index (χ0n) is 13.6. The Hall–Kier alpha value is -1.35. The van der Waals surface area contributed by atoms with Crippen LogP contribution in [0.5, 0.6) is 0 Å². The van der Waals surface area contributed by atoms with Crippen LogP contribution in [0.15, 0.2) is 24.3 Å². The third-order valence-electron chi connectivity index (χ3n) is 4.34. The van der Waals surface area contributed by atoms with Crippen LogP contribution >= 0.6 is 0 Å². The fraction of sp³-hybridized carbons (Fsp3) is 0.611. The Balaban J connectivity index is 2.24. The van der Waals surface area contributed by atoms with Crippen LogP contribution in [0, 0.1) is 0 Å². The molecule has 1 fully saturated rings. The lowest BCUT2D eigenvalue weighted by molar-refractivity contribution is 0.0727. The predicted molar refractivity (Wildman–Crippen MR) is 87.5 cm³/mol. The van der Waals surface area contributed by atoms with Crippen molar-refractivity contribution in [1.29, 1.82) is 0 Å². The quantitative estimate of drug-likeness (QED) is 0.923. The highest BCUT2D eigenvalue weighted by atomic mass is 16.2. The Morgan fingerprint density at radius 3 is 2.71 bits per heavy atom. The van der Waals surface area contributed by atoms with Gasteiger partial charge < -0.3 is 10.6 Å². The summed E-state index contributed by atoms with van der Waals surface area (Å²) in [5.41, 5.74) is 7.61. The maximum absolute atomic E-state index is 13.0. The van der Waals surface area contributed by atoms with Crippen LogP contribution in [0.4, 0.5) is 0 Å². The number of rotatable bonds is 4. The van der Waals surface area contributed by atoms with Gasteiger partial charge in [-0.1, -0.05) is 39.0 Å². The first kappa shape index (κ1) is 16.0. The van der Waals surface area contributed by atoms with Gasteiger partial charge in [0.15, 0.2) is 0 Å². The average molecular weight is 288 g/mol. The molecule has 1 unspecified atom stereocenters. The van der Waals surface area contributed by atoms with Gasteiger partial charge in [-0.25, -0.2) is 0 Å². The van der Waals surface area contributed by atoms with Gasteiger partial charge in [0.05, 0.1) is 0 Å². The Morgan fingerprint density at radius 2 is 2.05 bits per heavy atom.